The maximum absolute atomic E-state index is 12.7. The lowest BCUT2D eigenvalue weighted by molar-refractivity contribution is -0.137. The summed E-state index contributed by atoms with van der Waals surface area (Å²) in [6, 6.07) is 11.1. The van der Waals surface area contributed by atoms with Gasteiger partial charge in [0.15, 0.2) is 5.78 Å². The molecule has 0 heterocycles. The first kappa shape index (κ1) is 18.0. The van der Waals surface area contributed by atoms with Gasteiger partial charge in [0.2, 0.25) is 5.91 Å². The molecule has 24 heavy (non-hydrogen) atoms. The smallest absolute Gasteiger partial charge is 0.325 e. The Balaban J connectivity index is 1.99. The van der Waals surface area contributed by atoms with E-state index in [1.807, 2.05) is 0 Å². The number of carbonyl (C=O) groups excluding carboxylic acids is 2. The number of amides is 1. The minimum Gasteiger partial charge on any atom is -0.325 e. The van der Waals surface area contributed by atoms with Crippen LogP contribution >= 0.6 is 11.6 Å². The summed E-state index contributed by atoms with van der Waals surface area (Å²) in [5, 5.41) is 2.30. The summed E-state index contributed by atoms with van der Waals surface area (Å²) in [5.41, 5.74) is -0.575. The fraction of sp³-hybridized carbons (Fsp3) is 0.176. The van der Waals surface area contributed by atoms with E-state index in [0.29, 0.717) is 5.56 Å². The number of Topliss-reactive ketones (excluding diaryl/α,β-unsaturated/α-hetero) is 1. The molecule has 1 amide bonds. The molecule has 0 aliphatic heterocycles. The summed E-state index contributed by atoms with van der Waals surface area (Å²) >= 11 is 5.80. The van der Waals surface area contributed by atoms with Crippen molar-refractivity contribution in [3.63, 3.8) is 0 Å². The van der Waals surface area contributed by atoms with Crippen molar-refractivity contribution in [2.75, 3.05) is 5.32 Å². The van der Waals surface area contributed by atoms with E-state index in [9.17, 15) is 22.8 Å². The molecule has 1 N–H and O–H groups in total. The normalized spacial score (nSPS) is 11.2. The van der Waals surface area contributed by atoms with Gasteiger partial charge in [-0.3, -0.25) is 9.59 Å². The first-order valence-corrected chi connectivity index (χ1v) is 7.40. The number of ketones is 1. The Kier molecular flexibility index (Phi) is 5.62. The van der Waals surface area contributed by atoms with Crippen molar-refractivity contribution in [1.29, 1.82) is 0 Å². The summed E-state index contributed by atoms with van der Waals surface area (Å²) in [6.07, 6.45) is -4.74. The molecular formula is C17H13ClF3NO2. The standard InChI is InChI=1S/C17H13ClF3NO2/c18-13-7-6-12(17(19,20)21)10-14(13)22-16(24)9-8-15(23)11-4-2-1-3-5-11/h1-7,10H,8-9H2,(H,22,24). The lowest BCUT2D eigenvalue weighted by Crippen LogP contribution is -2.15. The second-order valence-electron chi connectivity index (χ2n) is 5.03. The van der Waals surface area contributed by atoms with E-state index >= 15 is 0 Å². The van der Waals surface area contributed by atoms with Crippen LogP contribution in [0.2, 0.25) is 5.02 Å². The van der Waals surface area contributed by atoms with Crippen LogP contribution in [0, 0.1) is 0 Å². The number of nitrogens with one attached hydrogen (secondary N) is 1. The Morgan fingerprint density at radius 3 is 2.29 bits per heavy atom. The molecule has 3 nitrogen and oxygen atoms in total. The molecule has 2 aromatic rings. The van der Waals surface area contributed by atoms with Crippen molar-refractivity contribution in [3.05, 3.63) is 64.7 Å². The summed E-state index contributed by atoms with van der Waals surface area (Å²) < 4.78 is 38.0. The third-order valence-corrected chi connectivity index (χ3v) is 3.57. The van der Waals surface area contributed by atoms with Gasteiger partial charge < -0.3 is 5.32 Å². The molecule has 0 saturated carbocycles. The van der Waals surface area contributed by atoms with Gasteiger partial charge in [0.05, 0.1) is 16.3 Å². The molecule has 0 bridgehead atoms. The maximum atomic E-state index is 12.7. The van der Waals surface area contributed by atoms with Crippen LogP contribution in [0.4, 0.5) is 18.9 Å². The van der Waals surface area contributed by atoms with Gasteiger partial charge in [-0.15, -0.1) is 0 Å². The predicted octanol–water partition coefficient (Wildman–Crippen LogP) is 4.96. The van der Waals surface area contributed by atoms with Crippen molar-refractivity contribution < 1.29 is 22.8 Å². The SMILES string of the molecule is O=C(CCC(=O)c1ccccc1)Nc1cc(C(F)(F)F)ccc1Cl. The highest BCUT2D eigenvalue weighted by molar-refractivity contribution is 6.33. The monoisotopic (exact) mass is 355 g/mol. The minimum absolute atomic E-state index is 0.00858. The molecular weight excluding hydrogens is 343 g/mol. The second kappa shape index (κ2) is 7.49. The van der Waals surface area contributed by atoms with Gasteiger partial charge in [-0.25, -0.2) is 0 Å². The third kappa shape index (κ3) is 4.83. The molecule has 0 aliphatic carbocycles. The summed E-state index contributed by atoms with van der Waals surface area (Å²) in [6.45, 7) is 0. The predicted molar refractivity (Wildman–Crippen MR) is 85.1 cm³/mol. The number of benzene rings is 2. The molecule has 2 rings (SSSR count). The van der Waals surface area contributed by atoms with Gasteiger partial charge >= 0.3 is 6.18 Å². The van der Waals surface area contributed by atoms with Crippen molar-refractivity contribution >= 4 is 29.0 Å². The Hall–Kier alpha value is -2.34. The zero-order valence-corrected chi connectivity index (χ0v) is 13.1. The van der Waals surface area contributed by atoms with Crippen LogP contribution in [0.25, 0.3) is 0 Å². The van der Waals surface area contributed by atoms with Crippen LogP contribution in [0.5, 0.6) is 0 Å². The highest BCUT2D eigenvalue weighted by Crippen LogP contribution is 2.33. The summed E-state index contributed by atoms with van der Waals surface area (Å²) in [7, 11) is 0. The fourth-order valence-corrected chi connectivity index (χ4v) is 2.17. The Morgan fingerprint density at radius 2 is 1.67 bits per heavy atom. The van der Waals surface area contributed by atoms with Crippen LogP contribution in [0.3, 0.4) is 0 Å². The Labute approximate surface area is 141 Å². The number of carbonyl (C=O) groups is 2. The van der Waals surface area contributed by atoms with E-state index in [-0.39, 0.29) is 29.3 Å². The van der Waals surface area contributed by atoms with Gasteiger partial charge in [-0.1, -0.05) is 41.9 Å². The number of halogens is 4. The molecule has 0 atom stereocenters. The van der Waals surface area contributed by atoms with Crippen LogP contribution in [-0.4, -0.2) is 11.7 Å². The molecule has 0 spiro atoms. The van der Waals surface area contributed by atoms with Gasteiger partial charge in [0.1, 0.15) is 0 Å². The third-order valence-electron chi connectivity index (χ3n) is 3.24. The highest BCUT2D eigenvalue weighted by atomic mass is 35.5. The number of anilines is 1. The van der Waals surface area contributed by atoms with E-state index in [0.717, 1.165) is 18.2 Å². The number of hydrogen-bond donors (Lipinski definition) is 1. The molecule has 0 fully saturated rings. The zero-order chi connectivity index (χ0) is 17.7. The molecule has 7 heteroatoms. The summed E-state index contributed by atoms with van der Waals surface area (Å²) in [4.78, 5) is 23.8. The minimum atomic E-state index is -4.53. The van der Waals surface area contributed by atoms with E-state index in [4.69, 9.17) is 11.6 Å². The maximum Gasteiger partial charge on any atom is 0.416 e. The lowest BCUT2D eigenvalue weighted by Gasteiger charge is -2.11. The topological polar surface area (TPSA) is 46.2 Å². The zero-order valence-electron chi connectivity index (χ0n) is 12.4. The van der Waals surface area contributed by atoms with Crippen molar-refractivity contribution in [1.82, 2.24) is 0 Å². The van der Waals surface area contributed by atoms with Crippen LogP contribution in [0.15, 0.2) is 48.5 Å². The molecule has 0 radical (unpaired) electrons. The molecule has 0 saturated heterocycles. The van der Waals surface area contributed by atoms with E-state index in [2.05, 4.69) is 5.32 Å². The fourth-order valence-electron chi connectivity index (χ4n) is 2.01. The molecule has 2 aromatic carbocycles. The highest BCUT2D eigenvalue weighted by Gasteiger charge is 2.31. The number of hydrogen-bond acceptors (Lipinski definition) is 2. The van der Waals surface area contributed by atoms with Crippen molar-refractivity contribution in [2.24, 2.45) is 0 Å². The van der Waals surface area contributed by atoms with Crippen molar-refractivity contribution in [2.45, 2.75) is 19.0 Å². The van der Waals surface area contributed by atoms with E-state index < -0.39 is 17.6 Å². The van der Waals surface area contributed by atoms with Gasteiger partial charge in [-0.2, -0.15) is 13.2 Å². The van der Waals surface area contributed by atoms with Crippen LogP contribution in [-0.2, 0) is 11.0 Å². The largest absolute Gasteiger partial charge is 0.416 e. The van der Waals surface area contributed by atoms with Crippen LogP contribution in [0.1, 0.15) is 28.8 Å². The molecule has 0 aliphatic rings. The molecule has 0 unspecified atom stereocenters. The van der Waals surface area contributed by atoms with Crippen LogP contribution < -0.4 is 5.32 Å². The molecule has 126 valence electrons. The van der Waals surface area contributed by atoms with Gasteiger partial charge in [0, 0.05) is 18.4 Å². The lowest BCUT2D eigenvalue weighted by atomic mass is 10.1. The average Bonchev–Trinajstić information content (AvgIpc) is 2.54. The number of alkyl halides is 3. The van der Waals surface area contributed by atoms with Crippen molar-refractivity contribution in [3.8, 4) is 0 Å². The van der Waals surface area contributed by atoms with E-state index in [1.165, 1.54) is 0 Å². The van der Waals surface area contributed by atoms with Gasteiger partial charge in [-0.05, 0) is 18.2 Å². The quantitative estimate of drug-likeness (QED) is 0.770. The summed E-state index contributed by atoms with van der Waals surface area (Å²) in [5.74, 6) is -0.804. The molecule has 0 aromatic heterocycles. The van der Waals surface area contributed by atoms with E-state index in [1.54, 1.807) is 30.3 Å². The number of rotatable bonds is 5. The second-order valence-corrected chi connectivity index (χ2v) is 5.44. The average molecular weight is 356 g/mol. The first-order valence-electron chi connectivity index (χ1n) is 7.02. The Morgan fingerprint density at radius 1 is 1.00 bits per heavy atom. The Bertz CT molecular complexity index is 745. The first-order chi connectivity index (χ1) is 11.3. The van der Waals surface area contributed by atoms with Gasteiger partial charge in [0.25, 0.3) is 0 Å².